The lowest BCUT2D eigenvalue weighted by atomic mass is 10.1. The summed E-state index contributed by atoms with van der Waals surface area (Å²) in [7, 11) is 0. The number of benzene rings is 2. The second-order valence-electron chi connectivity index (χ2n) is 3.06. The van der Waals surface area contributed by atoms with Crippen LogP contribution in [0.25, 0.3) is 10.8 Å². The van der Waals surface area contributed by atoms with Gasteiger partial charge in [-0.2, -0.15) is 0 Å². The van der Waals surface area contributed by atoms with E-state index in [9.17, 15) is 0 Å². The highest BCUT2D eigenvalue weighted by Crippen LogP contribution is 2.20. The third-order valence-corrected chi connectivity index (χ3v) is 2.13. The van der Waals surface area contributed by atoms with Crippen LogP contribution in [0.15, 0.2) is 36.4 Å². The average Bonchev–Trinajstić information content (AvgIpc) is 2.07. The van der Waals surface area contributed by atoms with Gasteiger partial charge >= 0.3 is 0 Å². The molecule has 0 spiro atoms. The lowest BCUT2D eigenvalue weighted by molar-refractivity contribution is 1.50. The molecule has 68 valence electrons. The molecule has 0 aliphatic carbocycles. The fourth-order valence-electron chi connectivity index (χ4n) is 1.37. The molecule has 0 heterocycles. The average molecular weight is 194 g/mol. The molecule has 0 amide bonds. The zero-order valence-corrected chi connectivity index (χ0v) is 8.27. The SMILES string of the molecule is Cc1cc2ccccc2cc1N.Cl. The Kier molecular flexibility index (Phi) is 2.79. The van der Waals surface area contributed by atoms with Crippen LogP contribution in [0.5, 0.6) is 0 Å². The quantitative estimate of drug-likeness (QED) is 0.640. The van der Waals surface area contributed by atoms with Gasteiger partial charge in [-0.3, -0.25) is 0 Å². The van der Waals surface area contributed by atoms with Crippen LogP contribution in [0.3, 0.4) is 0 Å². The van der Waals surface area contributed by atoms with Gasteiger partial charge in [0.2, 0.25) is 0 Å². The molecule has 0 aliphatic rings. The third-order valence-electron chi connectivity index (χ3n) is 2.13. The first kappa shape index (κ1) is 9.87. The summed E-state index contributed by atoms with van der Waals surface area (Å²) >= 11 is 0. The fourth-order valence-corrected chi connectivity index (χ4v) is 1.37. The van der Waals surface area contributed by atoms with Crippen molar-refractivity contribution in [1.82, 2.24) is 0 Å². The van der Waals surface area contributed by atoms with E-state index in [0.717, 1.165) is 11.3 Å². The number of halogens is 1. The number of nitrogens with two attached hydrogens (primary N) is 1. The van der Waals surface area contributed by atoms with Crippen LogP contribution >= 0.6 is 12.4 Å². The Morgan fingerprint density at radius 2 is 1.54 bits per heavy atom. The molecule has 2 aromatic carbocycles. The predicted molar refractivity (Wildman–Crippen MR) is 60.3 cm³/mol. The Balaban J connectivity index is 0.000000845. The molecule has 0 atom stereocenters. The van der Waals surface area contributed by atoms with E-state index in [1.165, 1.54) is 10.8 Å². The van der Waals surface area contributed by atoms with Crippen LogP contribution < -0.4 is 5.73 Å². The Bertz CT molecular complexity index is 383. The fraction of sp³-hybridized carbons (Fsp3) is 0.0909. The van der Waals surface area contributed by atoms with Gasteiger partial charge in [0.05, 0.1) is 0 Å². The van der Waals surface area contributed by atoms with Gasteiger partial charge in [-0.1, -0.05) is 24.3 Å². The first-order valence-electron chi connectivity index (χ1n) is 4.02. The highest BCUT2D eigenvalue weighted by Gasteiger charge is 1.95. The third kappa shape index (κ3) is 1.76. The minimum Gasteiger partial charge on any atom is -0.398 e. The van der Waals surface area contributed by atoms with Crippen molar-refractivity contribution in [2.45, 2.75) is 6.92 Å². The van der Waals surface area contributed by atoms with Crippen molar-refractivity contribution in [3.8, 4) is 0 Å². The zero-order chi connectivity index (χ0) is 8.55. The largest absolute Gasteiger partial charge is 0.398 e. The molecule has 0 saturated carbocycles. The maximum Gasteiger partial charge on any atom is 0.0350 e. The van der Waals surface area contributed by atoms with Gasteiger partial charge in [0.15, 0.2) is 0 Å². The van der Waals surface area contributed by atoms with Crippen molar-refractivity contribution < 1.29 is 0 Å². The van der Waals surface area contributed by atoms with Crippen LogP contribution in [0.4, 0.5) is 5.69 Å². The Morgan fingerprint density at radius 3 is 2.15 bits per heavy atom. The number of hydrogen-bond donors (Lipinski definition) is 1. The monoisotopic (exact) mass is 193 g/mol. The topological polar surface area (TPSA) is 26.0 Å². The maximum atomic E-state index is 5.79. The van der Waals surface area contributed by atoms with E-state index >= 15 is 0 Å². The Morgan fingerprint density at radius 1 is 1.00 bits per heavy atom. The molecule has 0 unspecified atom stereocenters. The van der Waals surface area contributed by atoms with Crippen molar-refractivity contribution in [3.63, 3.8) is 0 Å². The van der Waals surface area contributed by atoms with Gasteiger partial charge in [-0.05, 0) is 35.4 Å². The summed E-state index contributed by atoms with van der Waals surface area (Å²) in [5.74, 6) is 0. The second kappa shape index (κ2) is 3.67. The number of fused-ring (bicyclic) bond motifs is 1. The summed E-state index contributed by atoms with van der Waals surface area (Å²) in [6, 6.07) is 12.4. The van der Waals surface area contributed by atoms with Crippen molar-refractivity contribution in [2.24, 2.45) is 0 Å². The normalized spacial score (nSPS) is 9.62. The summed E-state index contributed by atoms with van der Waals surface area (Å²) in [5.41, 5.74) is 7.80. The van der Waals surface area contributed by atoms with Gasteiger partial charge < -0.3 is 5.73 Å². The van der Waals surface area contributed by atoms with Crippen LogP contribution in [-0.2, 0) is 0 Å². The van der Waals surface area contributed by atoms with Crippen molar-refractivity contribution in [3.05, 3.63) is 42.0 Å². The maximum absolute atomic E-state index is 5.79. The van der Waals surface area contributed by atoms with E-state index in [1.54, 1.807) is 0 Å². The van der Waals surface area contributed by atoms with E-state index in [4.69, 9.17) is 5.73 Å². The molecule has 2 aromatic rings. The summed E-state index contributed by atoms with van der Waals surface area (Å²) in [4.78, 5) is 0. The van der Waals surface area contributed by atoms with E-state index in [0.29, 0.717) is 0 Å². The lowest BCUT2D eigenvalue weighted by Gasteiger charge is -2.02. The first-order valence-corrected chi connectivity index (χ1v) is 4.02. The molecule has 0 saturated heterocycles. The molecule has 0 bridgehead atoms. The van der Waals surface area contributed by atoms with Gasteiger partial charge in [0.25, 0.3) is 0 Å². The first-order chi connectivity index (χ1) is 5.77. The van der Waals surface area contributed by atoms with Crippen LogP contribution in [0.1, 0.15) is 5.56 Å². The molecular formula is C11H12ClN. The molecule has 2 N–H and O–H groups in total. The van der Waals surface area contributed by atoms with E-state index in [1.807, 2.05) is 25.1 Å². The zero-order valence-electron chi connectivity index (χ0n) is 7.45. The van der Waals surface area contributed by atoms with Crippen LogP contribution in [0.2, 0.25) is 0 Å². The van der Waals surface area contributed by atoms with Crippen LogP contribution in [-0.4, -0.2) is 0 Å². The van der Waals surface area contributed by atoms with E-state index in [2.05, 4.69) is 18.2 Å². The van der Waals surface area contributed by atoms with Gasteiger partial charge in [0.1, 0.15) is 0 Å². The van der Waals surface area contributed by atoms with Crippen molar-refractivity contribution in [2.75, 3.05) is 5.73 Å². The van der Waals surface area contributed by atoms with Gasteiger partial charge in [-0.25, -0.2) is 0 Å². The standard InChI is InChI=1S/C11H11N.ClH/c1-8-6-9-4-2-3-5-10(9)7-11(8)12;/h2-7H,12H2,1H3;1H. The van der Waals surface area contributed by atoms with Crippen molar-refractivity contribution >= 4 is 28.9 Å². The Hall–Kier alpha value is -1.21. The molecular weight excluding hydrogens is 182 g/mol. The summed E-state index contributed by atoms with van der Waals surface area (Å²) in [5, 5.41) is 2.46. The smallest absolute Gasteiger partial charge is 0.0350 e. The summed E-state index contributed by atoms with van der Waals surface area (Å²) in [6.07, 6.45) is 0. The number of nitrogen functional groups attached to an aromatic ring is 1. The minimum atomic E-state index is 0. The molecule has 0 aliphatic heterocycles. The van der Waals surface area contributed by atoms with Gasteiger partial charge in [-0.15, -0.1) is 12.4 Å². The molecule has 0 radical (unpaired) electrons. The minimum absolute atomic E-state index is 0. The highest BCUT2D eigenvalue weighted by molar-refractivity contribution is 5.86. The molecule has 0 aromatic heterocycles. The van der Waals surface area contributed by atoms with Crippen LogP contribution in [0, 0.1) is 6.92 Å². The van der Waals surface area contributed by atoms with Gasteiger partial charge in [0, 0.05) is 5.69 Å². The molecule has 13 heavy (non-hydrogen) atoms. The highest BCUT2D eigenvalue weighted by atomic mass is 35.5. The predicted octanol–water partition coefficient (Wildman–Crippen LogP) is 3.15. The lowest BCUT2D eigenvalue weighted by Crippen LogP contribution is -1.88. The number of rotatable bonds is 0. The second-order valence-corrected chi connectivity index (χ2v) is 3.06. The molecule has 2 heteroatoms. The van der Waals surface area contributed by atoms with E-state index < -0.39 is 0 Å². The van der Waals surface area contributed by atoms with Crippen molar-refractivity contribution in [1.29, 1.82) is 0 Å². The number of aryl methyl sites for hydroxylation is 1. The summed E-state index contributed by atoms with van der Waals surface area (Å²) in [6.45, 7) is 2.03. The number of anilines is 1. The summed E-state index contributed by atoms with van der Waals surface area (Å²) < 4.78 is 0. The number of hydrogen-bond acceptors (Lipinski definition) is 1. The van der Waals surface area contributed by atoms with E-state index in [-0.39, 0.29) is 12.4 Å². The molecule has 1 nitrogen and oxygen atoms in total. The molecule has 2 rings (SSSR count). The Labute approximate surface area is 84.0 Å². The molecule has 0 fully saturated rings.